The third kappa shape index (κ3) is 4.16. The standard InChI is InChI=1S/C21H17BrFN3O2S/c1-11-17(20(27)26-15-6-4-5-7-16(15)28-3)18(19(24-2)21(29)25-11)13-9-8-12(22)10-14(13)23/h4-10,18-19H,1,3H3,(H,25,29)(H,26,27). The lowest BCUT2D eigenvalue weighted by atomic mass is 9.80. The topological polar surface area (TPSA) is 54.7 Å². The number of allylic oxidation sites excluding steroid dienone is 1. The van der Waals surface area contributed by atoms with Crippen molar-refractivity contribution in [3.63, 3.8) is 0 Å². The average Bonchev–Trinajstić information content (AvgIpc) is 2.68. The van der Waals surface area contributed by atoms with Gasteiger partial charge in [0.2, 0.25) is 0 Å². The monoisotopic (exact) mass is 473 g/mol. The van der Waals surface area contributed by atoms with E-state index in [0.29, 0.717) is 21.6 Å². The van der Waals surface area contributed by atoms with Crippen molar-refractivity contribution < 1.29 is 13.9 Å². The van der Waals surface area contributed by atoms with E-state index in [-0.39, 0.29) is 16.1 Å². The van der Waals surface area contributed by atoms with Crippen molar-refractivity contribution in [1.82, 2.24) is 5.32 Å². The number of halogens is 2. The van der Waals surface area contributed by atoms with Crippen LogP contribution in [0.3, 0.4) is 0 Å². The smallest absolute Gasteiger partial charge is 0.284 e. The fraction of sp³-hybridized carbons (Fsp3) is 0.190. The molecule has 0 fully saturated rings. The minimum Gasteiger partial charge on any atom is -0.495 e. The summed E-state index contributed by atoms with van der Waals surface area (Å²) in [5.74, 6) is -1.32. The van der Waals surface area contributed by atoms with Crippen LogP contribution in [-0.4, -0.2) is 24.0 Å². The normalized spacial score (nSPS) is 18.7. The van der Waals surface area contributed by atoms with Gasteiger partial charge in [-0.05, 0) is 31.2 Å². The molecule has 0 bridgehead atoms. The van der Waals surface area contributed by atoms with E-state index in [1.54, 1.807) is 43.3 Å². The number of thiocarbonyl (C=S) groups is 1. The molecule has 148 valence electrons. The molecule has 8 heteroatoms. The number of benzene rings is 2. The van der Waals surface area contributed by atoms with Gasteiger partial charge in [0.05, 0.1) is 18.4 Å². The summed E-state index contributed by atoms with van der Waals surface area (Å²) in [5, 5.41) is 5.74. The first-order chi connectivity index (χ1) is 13.9. The minimum atomic E-state index is -0.900. The molecule has 0 aliphatic carbocycles. The molecule has 2 aromatic rings. The minimum absolute atomic E-state index is 0.238. The highest BCUT2D eigenvalue weighted by atomic mass is 79.9. The van der Waals surface area contributed by atoms with Crippen molar-refractivity contribution in [1.29, 1.82) is 0 Å². The summed E-state index contributed by atoms with van der Waals surface area (Å²) in [6.45, 7) is 9.28. The molecule has 2 atom stereocenters. The summed E-state index contributed by atoms with van der Waals surface area (Å²) in [6, 6.07) is 10.6. The van der Waals surface area contributed by atoms with Crippen molar-refractivity contribution in [2.75, 3.05) is 12.4 Å². The molecule has 0 saturated heterocycles. The number of carbonyl (C=O) groups excluding carboxylic acids is 1. The van der Waals surface area contributed by atoms with Crippen molar-refractivity contribution in [3.8, 4) is 5.75 Å². The van der Waals surface area contributed by atoms with Crippen LogP contribution in [0.15, 0.2) is 58.2 Å². The third-order valence-corrected chi connectivity index (χ3v) is 5.48. The fourth-order valence-electron chi connectivity index (χ4n) is 3.33. The zero-order valence-electron chi connectivity index (χ0n) is 15.6. The van der Waals surface area contributed by atoms with Crippen LogP contribution < -0.4 is 15.4 Å². The molecule has 0 spiro atoms. The molecular weight excluding hydrogens is 457 g/mol. The number of hydrogen-bond acceptors (Lipinski definition) is 3. The summed E-state index contributed by atoms with van der Waals surface area (Å²) in [4.78, 5) is 17.1. The first kappa shape index (κ1) is 21.0. The van der Waals surface area contributed by atoms with Crippen LogP contribution >= 0.6 is 28.1 Å². The van der Waals surface area contributed by atoms with Crippen molar-refractivity contribution in [3.05, 3.63) is 81.0 Å². The Labute approximate surface area is 181 Å². The van der Waals surface area contributed by atoms with Crippen LogP contribution in [0.4, 0.5) is 10.1 Å². The van der Waals surface area contributed by atoms with Gasteiger partial charge in [-0.3, -0.25) is 4.79 Å². The maximum Gasteiger partial charge on any atom is 0.284 e. The Balaban J connectivity index is 2.10. The molecule has 1 aliphatic heterocycles. The number of rotatable bonds is 4. The number of ether oxygens (including phenoxy) is 1. The molecule has 2 N–H and O–H groups in total. The quantitative estimate of drug-likeness (QED) is 0.494. The lowest BCUT2D eigenvalue weighted by molar-refractivity contribution is -0.113. The average molecular weight is 474 g/mol. The van der Waals surface area contributed by atoms with Crippen molar-refractivity contribution in [2.24, 2.45) is 0 Å². The van der Waals surface area contributed by atoms with Crippen LogP contribution in [0.25, 0.3) is 4.85 Å². The van der Waals surface area contributed by atoms with Gasteiger partial charge in [0, 0.05) is 15.7 Å². The fourth-order valence-corrected chi connectivity index (χ4v) is 4.01. The van der Waals surface area contributed by atoms with Crippen LogP contribution in [0.5, 0.6) is 5.75 Å². The van der Waals surface area contributed by atoms with Crippen LogP contribution in [0.1, 0.15) is 18.4 Å². The van der Waals surface area contributed by atoms with E-state index in [4.69, 9.17) is 23.5 Å². The van der Waals surface area contributed by atoms with Gasteiger partial charge in [-0.2, -0.15) is 0 Å². The van der Waals surface area contributed by atoms with E-state index < -0.39 is 23.7 Å². The molecule has 1 aliphatic rings. The summed E-state index contributed by atoms with van der Waals surface area (Å²) >= 11 is 8.55. The van der Waals surface area contributed by atoms with Gasteiger partial charge in [0.25, 0.3) is 11.9 Å². The molecule has 1 heterocycles. The molecule has 0 saturated carbocycles. The Morgan fingerprint density at radius 2 is 2.07 bits per heavy atom. The summed E-state index contributed by atoms with van der Waals surface area (Å²) in [5.41, 5.74) is 1.45. The molecule has 2 unspecified atom stereocenters. The predicted molar refractivity (Wildman–Crippen MR) is 117 cm³/mol. The van der Waals surface area contributed by atoms with Crippen LogP contribution in [0, 0.1) is 12.4 Å². The molecule has 0 aromatic heterocycles. The number of hydrogen-bond donors (Lipinski definition) is 2. The Morgan fingerprint density at radius 1 is 1.34 bits per heavy atom. The van der Waals surface area contributed by atoms with E-state index in [1.165, 1.54) is 13.2 Å². The number of amides is 1. The highest BCUT2D eigenvalue weighted by molar-refractivity contribution is 9.10. The van der Waals surface area contributed by atoms with Gasteiger partial charge in [-0.25, -0.2) is 11.0 Å². The zero-order valence-corrected chi connectivity index (χ0v) is 18.0. The second-order valence-electron chi connectivity index (χ2n) is 6.40. The maximum absolute atomic E-state index is 14.8. The van der Waals surface area contributed by atoms with E-state index in [1.807, 2.05) is 0 Å². The molecule has 2 aromatic carbocycles. The molecule has 1 amide bonds. The van der Waals surface area contributed by atoms with Gasteiger partial charge in [-0.1, -0.05) is 46.3 Å². The zero-order chi connectivity index (χ0) is 21.1. The Hall–Kier alpha value is -2.76. The highest BCUT2D eigenvalue weighted by Gasteiger charge is 2.44. The summed E-state index contributed by atoms with van der Waals surface area (Å²) in [7, 11) is 1.51. The number of anilines is 1. The van der Waals surface area contributed by atoms with Gasteiger partial charge >= 0.3 is 0 Å². The molecule has 29 heavy (non-hydrogen) atoms. The molecule has 5 nitrogen and oxygen atoms in total. The maximum atomic E-state index is 14.8. The number of carbonyl (C=O) groups is 1. The predicted octanol–water partition coefficient (Wildman–Crippen LogP) is 4.81. The lowest BCUT2D eigenvalue weighted by Crippen LogP contribution is -2.43. The SMILES string of the molecule is [C-]#[N+]C1C(=S)NC(C)=C(C(=O)Nc2ccccc2OC)C1c1ccc(Br)cc1F. The first-order valence-electron chi connectivity index (χ1n) is 8.65. The number of nitrogens with one attached hydrogen (secondary N) is 2. The van der Waals surface area contributed by atoms with Gasteiger partial charge in [-0.15, -0.1) is 0 Å². The number of methoxy groups -OCH3 is 1. The molecule has 3 rings (SSSR count). The van der Waals surface area contributed by atoms with Crippen LogP contribution in [0.2, 0.25) is 0 Å². The molecular formula is C21H17BrFN3O2S. The van der Waals surface area contributed by atoms with Crippen molar-refractivity contribution >= 4 is 44.7 Å². The van der Waals surface area contributed by atoms with E-state index in [2.05, 4.69) is 31.4 Å². The Kier molecular flexibility index (Phi) is 6.30. The second-order valence-corrected chi connectivity index (χ2v) is 7.76. The Morgan fingerprint density at radius 3 is 2.72 bits per heavy atom. The van der Waals surface area contributed by atoms with E-state index >= 15 is 0 Å². The van der Waals surface area contributed by atoms with Crippen LogP contribution in [-0.2, 0) is 4.79 Å². The van der Waals surface area contributed by atoms with Gasteiger partial charge in [0.15, 0.2) is 4.99 Å². The molecule has 0 radical (unpaired) electrons. The van der Waals surface area contributed by atoms with E-state index in [9.17, 15) is 9.18 Å². The van der Waals surface area contributed by atoms with Gasteiger partial charge in [0.1, 0.15) is 17.5 Å². The largest absolute Gasteiger partial charge is 0.495 e. The Bertz CT molecular complexity index is 1060. The van der Waals surface area contributed by atoms with Crippen molar-refractivity contribution in [2.45, 2.75) is 18.9 Å². The summed E-state index contributed by atoms with van der Waals surface area (Å²) in [6.07, 6.45) is 0. The highest BCUT2D eigenvalue weighted by Crippen LogP contribution is 2.38. The summed E-state index contributed by atoms with van der Waals surface area (Å²) < 4.78 is 20.7. The van der Waals surface area contributed by atoms with E-state index in [0.717, 1.165) is 0 Å². The number of para-hydroxylation sites is 2. The first-order valence-corrected chi connectivity index (χ1v) is 9.85. The lowest BCUT2D eigenvalue weighted by Gasteiger charge is -2.29. The third-order valence-electron chi connectivity index (χ3n) is 4.65. The number of nitrogens with zero attached hydrogens (tertiary/aromatic N) is 1. The second kappa shape index (κ2) is 8.72. The van der Waals surface area contributed by atoms with Gasteiger partial charge < -0.3 is 20.2 Å².